The third-order valence-corrected chi connectivity index (χ3v) is 6.81. The highest BCUT2D eigenvalue weighted by Gasteiger charge is 2.46. The first-order valence-electron chi connectivity index (χ1n) is 13.3. The van der Waals surface area contributed by atoms with Gasteiger partial charge in [-0.15, -0.1) is 0 Å². The van der Waals surface area contributed by atoms with E-state index in [4.69, 9.17) is 14.2 Å². The Bertz CT molecular complexity index is 1260. The van der Waals surface area contributed by atoms with Gasteiger partial charge in [0, 0.05) is 30.0 Å². The lowest BCUT2D eigenvalue weighted by Crippen LogP contribution is -2.51. The first-order chi connectivity index (χ1) is 19.0. The van der Waals surface area contributed by atoms with E-state index in [1.54, 1.807) is 0 Å². The van der Waals surface area contributed by atoms with Gasteiger partial charge >= 0.3 is 6.18 Å². The number of halogens is 5. The van der Waals surface area contributed by atoms with E-state index in [0.29, 0.717) is 25.0 Å². The fourth-order valence-electron chi connectivity index (χ4n) is 4.74. The summed E-state index contributed by atoms with van der Waals surface area (Å²) in [7, 11) is 0. The van der Waals surface area contributed by atoms with Crippen LogP contribution in [0.2, 0.25) is 0 Å². The number of fused-ring (bicyclic) bond motifs is 1. The summed E-state index contributed by atoms with van der Waals surface area (Å²) >= 11 is 0. The third kappa shape index (κ3) is 7.31. The predicted molar refractivity (Wildman–Crippen MR) is 143 cm³/mol. The highest BCUT2D eigenvalue weighted by molar-refractivity contribution is 5.54. The van der Waals surface area contributed by atoms with Crippen molar-refractivity contribution >= 4 is 5.69 Å². The number of anilines is 1. The van der Waals surface area contributed by atoms with Gasteiger partial charge in [-0.25, -0.2) is 8.78 Å². The largest absolute Gasteiger partial charge is 0.485 e. The normalized spacial score (nSPS) is 18.3. The van der Waals surface area contributed by atoms with Gasteiger partial charge in [-0.3, -0.25) is 0 Å². The maximum atomic E-state index is 13.4. The highest BCUT2D eigenvalue weighted by Crippen LogP contribution is 2.45. The van der Waals surface area contributed by atoms with Crippen molar-refractivity contribution in [1.29, 1.82) is 0 Å². The minimum atomic E-state index is -4.76. The molecule has 216 valence electrons. The van der Waals surface area contributed by atoms with Gasteiger partial charge in [-0.2, -0.15) is 13.2 Å². The lowest BCUT2D eigenvalue weighted by Gasteiger charge is -2.44. The fourth-order valence-corrected chi connectivity index (χ4v) is 4.74. The van der Waals surface area contributed by atoms with Crippen LogP contribution in [0.15, 0.2) is 66.7 Å². The van der Waals surface area contributed by atoms with Crippen molar-refractivity contribution in [2.24, 2.45) is 0 Å². The minimum absolute atomic E-state index is 0.00249. The maximum Gasteiger partial charge on any atom is 0.416 e. The summed E-state index contributed by atoms with van der Waals surface area (Å²) in [5.41, 5.74) is -0.0722. The fraction of sp³-hybridized carbons (Fsp3) is 0.419. The molecule has 1 aliphatic rings. The molecule has 9 heteroatoms. The summed E-state index contributed by atoms with van der Waals surface area (Å²) in [6.45, 7) is 6.39. The molecule has 4 nitrogen and oxygen atoms in total. The maximum absolute atomic E-state index is 13.4. The van der Waals surface area contributed by atoms with Crippen molar-refractivity contribution in [3.05, 3.63) is 94.5 Å². The zero-order valence-corrected chi connectivity index (χ0v) is 22.7. The second-order valence-electron chi connectivity index (χ2n) is 10.4. The Labute approximate surface area is 231 Å². The highest BCUT2D eigenvalue weighted by atomic mass is 19.4. The molecular weight excluding hydrogens is 529 g/mol. The summed E-state index contributed by atoms with van der Waals surface area (Å²) in [4.78, 5) is 0. The van der Waals surface area contributed by atoms with Gasteiger partial charge in [0.05, 0.1) is 12.2 Å². The standard InChI is InChI=1S/C31H34F5NO3/c1-4-5-13-38-27-25-17-24(37-18-20-9-7-6-8-10-20)11-12-26(25)40-30(2,3)28(27)39-19-21-14-22(29(32)33)16-23(15-21)31(34,35)36/h6-12,14-17,27-29,37H,4-5,13,18-19H2,1-3H3. The van der Waals surface area contributed by atoms with Crippen molar-refractivity contribution in [2.75, 3.05) is 11.9 Å². The number of rotatable bonds is 11. The molecule has 1 aliphatic heterocycles. The van der Waals surface area contributed by atoms with Gasteiger partial charge in [-0.05, 0) is 67.8 Å². The molecule has 0 spiro atoms. The van der Waals surface area contributed by atoms with Crippen molar-refractivity contribution in [3.8, 4) is 5.75 Å². The molecule has 0 saturated heterocycles. The van der Waals surface area contributed by atoms with Gasteiger partial charge in [0.25, 0.3) is 6.43 Å². The predicted octanol–water partition coefficient (Wildman–Crippen LogP) is 8.87. The van der Waals surface area contributed by atoms with E-state index in [2.05, 4.69) is 5.32 Å². The molecule has 0 radical (unpaired) electrons. The van der Waals surface area contributed by atoms with Crippen LogP contribution in [0.3, 0.4) is 0 Å². The van der Waals surface area contributed by atoms with Crippen LogP contribution >= 0.6 is 0 Å². The second kappa shape index (κ2) is 12.6. The van der Waals surface area contributed by atoms with Crippen molar-refractivity contribution < 1.29 is 36.2 Å². The molecular formula is C31H34F5NO3. The van der Waals surface area contributed by atoms with Crippen LogP contribution in [0.25, 0.3) is 0 Å². The number of unbranched alkanes of at least 4 members (excludes halogenated alkanes) is 1. The number of hydrogen-bond acceptors (Lipinski definition) is 4. The summed E-state index contributed by atoms with van der Waals surface area (Å²) in [6.07, 6.45) is -7.42. The van der Waals surface area contributed by atoms with Crippen LogP contribution in [0, 0.1) is 0 Å². The van der Waals surface area contributed by atoms with Gasteiger partial charge in [0.2, 0.25) is 0 Å². The first-order valence-corrected chi connectivity index (χ1v) is 13.3. The van der Waals surface area contributed by atoms with E-state index < -0.39 is 41.5 Å². The molecule has 3 aromatic carbocycles. The van der Waals surface area contributed by atoms with Crippen LogP contribution in [0.1, 0.15) is 74.0 Å². The number of nitrogens with one attached hydrogen (secondary N) is 1. The molecule has 1 N–H and O–H groups in total. The molecule has 0 saturated carbocycles. The summed E-state index contributed by atoms with van der Waals surface area (Å²) in [5.74, 6) is 0.621. The Morgan fingerprint density at radius 1 is 0.950 bits per heavy atom. The molecule has 2 unspecified atom stereocenters. The third-order valence-electron chi connectivity index (χ3n) is 6.81. The van der Waals surface area contributed by atoms with E-state index in [1.807, 2.05) is 69.3 Å². The second-order valence-corrected chi connectivity index (χ2v) is 10.4. The quantitative estimate of drug-likeness (QED) is 0.187. The first kappa shape index (κ1) is 29.8. The van der Waals surface area contributed by atoms with Gasteiger partial charge < -0.3 is 19.5 Å². The molecule has 3 aromatic rings. The minimum Gasteiger partial charge on any atom is -0.485 e. The van der Waals surface area contributed by atoms with Crippen LogP contribution in [-0.4, -0.2) is 18.3 Å². The Kier molecular flexibility index (Phi) is 9.36. The van der Waals surface area contributed by atoms with Gasteiger partial charge in [0.15, 0.2) is 0 Å². The number of ether oxygens (including phenoxy) is 3. The smallest absolute Gasteiger partial charge is 0.416 e. The van der Waals surface area contributed by atoms with Crippen molar-refractivity contribution in [1.82, 2.24) is 0 Å². The molecule has 40 heavy (non-hydrogen) atoms. The molecule has 4 rings (SSSR count). The molecule has 1 heterocycles. The van der Waals surface area contributed by atoms with Crippen LogP contribution in [0.4, 0.5) is 27.6 Å². The van der Waals surface area contributed by atoms with E-state index in [0.717, 1.165) is 41.8 Å². The zero-order valence-electron chi connectivity index (χ0n) is 22.7. The lowest BCUT2D eigenvalue weighted by atomic mass is 9.87. The number of benzene rings is 3. The topological polar surface area (TPSA) is 39.7 Å². The Balaban J connectivity index is 1.61. The van der Waals surface area contributed by atoms with Crippen molar-refractivity contribution in [3.63, 3.8) is 0 Å². The molecule has 0 bridgehead atoms. The van der Waals surface area contributed by atoms with Crippen LogP contribution in [0.5, 0.6) is 5.75 Å². The number of alkyl halides is 5. The average Bonchev–Trinajstić information content (AvgIpc) is 2.91. The summed E-state index contributed by atoms with van der Waals surface area (Å²) in [6, 6.07) is 18.0. The zero-order chi connectivity index (χ0) is 28.9. The Morgan fingerprint density at radius 3 is 2.38 bits per heavy atom. The molecule has 0 aliphatic carbocycles. The van der Waals surface area contributed by atoms with Crippen LogP contribution in [-0.2, 0) is 28.8 Å². The van der Waals surface area contributed by atoms with E-state index >= 15 is 0 Å². The lowest BCUT2D eigenvalue weighted by molar-refractivity contribution is -0.167. The summed E-state index contributed by atoms with van der Waals surface area (Å²) in [5, 5.41) is 3.40. The van der Waals surface area contributed by atoms with Gasteiger partial charge in [0.1, 0.15) is 23.6 Å². The molecule has 0 aromatic heterocycles. The van der Waals surface area contributed by atoms with Crippen molar-refractivity contribution in [2.45, 2.75) is 77.2 Å². The molecule has 0 amide bonds. The van der Waals surface area contributed by atoms with E-state index in [-0.39, 0.29) is 12.2 Å². The average molecular weight is 564 g/mol. The SMILES string of the molecule is CCCCOC1c2cc(NCc3ccccc3)ccc2OC(C)(C)C1OCc1cc(C(F)F)cc(C(F)(F)F)c1. The Hall–Kier alpha value is -3.17. The van der Waals surface area contributed by atoms with E-state index in [9.17, 15) is 22.0 Å². The molecule has 2 atom stereocenters. The molecule has 0 fully saturated rings. The number of hydrogen-bond donors (Lipinski definition) is 1. The monoisotopic (exact) mass is 563 g/mol. The summed E-state index contributed by atoms with van der Waals surface area (Å²) < 4.78 is 85.8. The van der Waals surface area contributed by atoms with Crippen LogP contribution < -0.4 is 10.1 Å². The Morgan fingerprint density at radius 2 is 1.70 bits per heavy atom. The van der Waals surface area contributed by atoms with E-state index in [1.165, 1.54) is 0 Å². The van der Waals surface area contributed by atoms with Gasteiger partial charge in [-0.1, -0.05) is 43.7 Å².